The van der Waals surface area contributed by atoms with Crippen molar-refractivity contribution in [2.45, 2.75) is 12.5 Å². The predicted molar refractivity (Wildman–Crippen MR) is 112 cm³/mol. The molecule has 0 aliphatic carbocycles. The van der Waals surface area contributed by atoms with Crippen molar-refractivity contribution in [2.75, 3.05) is 50.7 Å². The van der Waals surface area contributed by atoms with E-state index in [2.05, 4.69) is 9.80 Å². The smallest absolute Gasteiger partial charge is 0.317 e. The fraction of sp³-hybridized carbons (Fsp3) is 0.526. The lowest BCUT2D eigenvalue weighted by atomic mass is 9.90. The largest absolute Gasteiger partial charge is 0.481 e. The van der Waals surface area contributed by atoms with E-state index < -0.39 is 17.9 Å². The summed E-state index contributed by atoms with van der Waals surface area (Å²) < 4.78 is 0. The van der Waals surface area contributed by atoms with Crippen molar-refractivity contribution in [1.82, 2.24) is 9.80 Å². The van der Waals surface area contributed by atoms with Gasteiger partial charge in [0, 0.05) is 56.6 Å². The first kappa shape index (κ1) is 22.9. The molecule has 0 bridgehead atoms. The minimum Gasteiger partial charge on any atom is -0.481 e. The number of rotatable bonds is 6. The van der Waals surface area contributed by atoms with Crippen LogP contribution in [0.2, 0.25) is 0 Å². The molecule has 2 aliphatic rings. The molecule has 2 heterocycles. The van der Waals surface area contributed by atoms with Crippen LogP contribution in [0.25, 0.3) is 0 Å². The van der Waals surface area contributed by atoms with Crippen molar-refractivity contribution < 1.29 is 19.8 Å². The number of nitrogens with one attached hydrogen (secondary N) is 1. The predicted octanol–water partition coefficient (Wildman–Crippen LogP) is 0.374. The number of amidine groups is 1. The number of piperidine rings is 1. The van der Waals surface area contributed by atoms with Gasteiger partial charge in [-0.15, -0.1) is 12.4 Å². The maximum atomic E-state index is 11.8. The number of aliphatic carboxylic acids is 2. The number of halogens is 1. The number of anilines is 1. The van der Waals surface area contributed by atoms with Crippen LogP contribution in [0.15, 0.2) is 24.3 Å². The topological polar surface area (TPSA) is 134 Å². The number of piperazine rings is 1. The highest BCUT2D eigenvalue weighted by Gasteiger charge is 2.39. The van der Waals surface area contributed by atoms with Crippen molar-refractivity contribution in [1.29, 1.82) is 5.41 Å². The molecular weight excluding hydrogens is 398 g/mol. The summed E-state index contributed by atoms with van der Waals surface area (Å²) in [6.45, 7) is 3.89. The van der Waals surface area contributed by atoms with Crippen LogP contribution in [0.4, 0.5) is 5.69 Å². The third-order valence-corrected chi connectivity index (χ3v) is 5.66. The molecule has 2 saturated heterocycles. The van der Waals surface area contributed by atoms with E-state index in [4.69, 9.17) is 16.2 Å². The Morgan fingerprint density at radius 2 is 1.69 bits per heavy atom. The number of hydrogen-bond acceptors (Lipinski definition) is 6. The summed E-state index contributed by atoms with van der Waals surface area (Å²) in [7, 11) is 0. The number of carboxylic acids is 2. The van der Waals surface area contributed by atoms with Crippen LogP contribution in [-0.4, -0.2) is 89.6 Å². The van der Waals surface area contributed by atoms with E-state index in [0.29, 0.717) is 18.5 Å². The third kappa shape index (κ3) is 5.59. The Kier molecular flexibility index (Phi) is 7.83. The summed E-state index contributed by atoms with van der Waals surface area (Å²) in [4.78, 5) is 28.9. The van der Waals surface area contributed by atoms with E-state index in [1.54, 1.807) is 4.90 Å². The molecule has 2 unspecified atom stereocenters. The first-order chi connectivity index (χ1) is 13.3. The monoisotopic (exact) mass is 425 g/mol. The highest BCUT2D eigenvalue weighted by Crippen LogP contribution is 2.25. The minimum absolute atomic E-state index is 0. The molecule has 0 radical (unpaired) electrons. The molecule has 1 aromatic rings. The Morgan fingerprint density at radius 3 is 2.21 bits per heavy atom. The van der Waals surface area contributed by atoms with E-state index >= 15 is 0 Å². The Hall–Kier alpha value is -2.36. The molecule has 2 atom stereocenters. The first-order valence-electron chi connectivity index (χ1n) is 9.45. The van der Waals surface area contributed by atoms with Gasteiger partial charge in [-0.1, -0.05) is 0 Å². The number of hydrogen-bond donors (Lipinski definition) is 4. The van der Waals surface area contributed by atoms with Crippen molar-refractivity contribution in [3.05, 3.63) is 29.8 Å². The van der Waals surface area contributed by atoms with Gasteiger partial charge in [-0.2, -0.15) is 0 Å². The zero-order valence-electron chi connectivity index (χ0n) is 16.2. The molecule has 1 aromatic carbocycles. The van der Waals surface area contributed by atoms with Gasteiger partial charge >= 0.3 is 11.9 Å². The fourth-order valence-corrected chi connectivity index (χ4v) is 4.19. The van der Waals surface area contributed by atoms with Crippen LogP contribution in [0.1, 0.15) is 12.0 Å². The third-order valence-electron chi connectivity index (χ3n) is 5.66. The maximum absolute atomic E-state index is 11.8. The Labute approximate surface area is 176 Å². The van der Waals surface area contributed by atoms with Gasteiger partial charge in [0.25, 0.3) is 0 Å². The van der Waals surface area contributed by atoms with Crippen LogP contribution >= 0.6 is 12.4 Å². The van der Waals surface area contributed by atoms with Crippen molar-refractivity contribution in [3.8, 4) is 0 Å². The molecule has 160 valence electrons. The van der Waals surface area contributed by atoms with Gasteiger partial charge in [-0.25, -0.2) is 0 Å². The molecule has 3 rings (SSSR count). The molecule has 9 nitrogen and oxygen atoms in total. The number of carbonyl (C=O) groups is 2. The van der Waals surface area contributed by atoms with Crippen molar-refractivity contribution in [2.24, 2.45) is 11.7 Å². The number of nitrogens with two attached hydrogens (primary N) is 1. The summed E-state index contributed by atoms with van der Waals surface area (Å²) >= 11 is 0. The van der Waals surface area contributed by atoms with Gasteiger partial charge in [0.05, 0.1) is 12.5 Å². The minimum atomic E-state index is -0.924. The molecule has 2 fully saturated rings. The maximum Gasteiger partial charge on any atom is 0.317 e. The van der Waals surface area contributed by atoms with Gasteiger partial charge in [0.1, 0.15) is 5.84 Å². The van der Waals surface area contributed by atoms with Gasteiger partial charge in [-0.05, 0) is 30.7 Å². The zero-order chi connectivity index (χ0) is 20.3. The Morgan fingerprint density at radius 1 is 1.07 bits per heavy atom. The normalized spacial score (nSPS) is 23.2. The van der Waals surface area contributed by atoms with E-state index in [9.17, 15) is 14.7 Å². The Balaban J connectivity index is 0.00000300. The van der Waals surface area contributed by atoms with Crippen molar-refractivity contribution >= 4 is 35.9 Å². The molecule has 0 saturated carbocycles. The highest BCUT2D eigenvalue weighted by atomic mass is 35.5. The lowest BCUT2D eigenvalue weighted by molar-refractivity contribution is -0.149. The number of carboxylic acid groups (broad SMARTS) is 2. The number of likely N-dealkylation sites (tertiary alicyclic amines) is 1. The second-order valence-electron chi connectivity index (χ2n) is 7.41. The lowest BCUT2D eigenvalue weighted by Gasteiger charge is -2.45. The first-order valence-corrected chi connectivity index (χ1v) is 9.45. The molecule has 2 aliphatic heterocycles. The molecule has 0 aromatic heterocycles. The second-order valence-corrected chi connectivity index (χ2v) is 7.41. The van der Waals surface area contributed by atoms with Gasteiger partial charge < -0.3 is 20.8 Å². The molecule has 0 spiro atoms. The van der Waals surface area contributed by atoms with Gasteiger partial charge in [-0.3, -0.25) is 24.8 Å². The molecular formula is C19H28ClN5O4. The lowest BCUT2D eigenvalue weighted by Crippen LogP contribution is -2.58. The highest BCUT2D eigenvalue weighted by molar-refractivity contribution is 5.95. The van der Waals surface area contributed by atoms with Crippen LogP contribution in [0.5, 0.6) is 0 Å². The summed E-state index contributed by atoms with van der Waals surface area (Å²) in [5, 5.41) is 26.1. The number of nitrogen functional groups attached to an aromatic ring is 1. The fourth-order valence-electron chi connectivity index (χ4n) is 4.19. The molecule has 5 N–H and O–H groups in total. The second kappa shape index (κ2) is 9.91. The molecule has 29 heavy (non-hydrogen) atoms. The summed E-state index contributed by atoms with van der Waals surface area (Å²) in [5.74, 6) is -2.31. The van der Waals surface area contributed by atoms with Gasteiger partial charge in [0.15, 0.2) is 0 Å². The van der Waals surface area contributed by atoms with Gasteiger partial charge in [0.2, 0.25) is 0 Å². The van der Waals surface area contributed by atoms with E-state index in [1.807, 2.05) is 24.3 Å². The van der Waals surface area contributed by atoms with Crippen molar-refractivity contribution in [3.63, 3.8) is 0 Å². The average molecular weight is 426 g/mol. The summed E-state index contributed by atoms with van der Waals surface area (Å²) in [5.41, 5.74) is 7.26. The standard InChI is InChI=1S/C19H27N5O4.ClH/c20-18(21)13-1-3-14(4-2-13)23-7-9-24(10-8-23)16-5-6-22(12-17(25)26)11-15(16)19(27)28;/h1-4,15-16H,5-12H2,(H3,20,21)(H,25,26)(H,27,28);1H. The molecule has 10 heteroatoms. The quantitative estimate of drug-likeness (QED) is 0.379. The zero-order valence-corrected chi connectivity index (χ0v) is 17.0. The Bertz CT molecular complexity index is 737. The van der Waals surface area contributed by atoms with Crippen LogP contribution < -0.4 is 10.6 Å². The summed E-state index contributed by atoms with van der Waals surface area (Å²) in [6, 6.07) is 7.52. The summed E-state index contributed by atoms with van der Waals surface area (Å²) in [6.07, 6.45) is 0.664. The SMILES string of the molecule is Cl.N=C(N)c1ccc(N2CCN(C3CCN(CC(=O)O)CC3C(=O)O)CC2)cc1. The van der Waals surface area contributed by atoms with E-state index in [0.717, 1.165) is 31.9 Å². The average Bonchev–Trinajstić information content (AvgIpc) is 2.67. The van der Waals surface area contributed by atoms with E-state index in [-0.39, 0.29) is 37.4 Å². The number of benzene rings is 1. The van der Waals surface area contributed by atoms with Crippen LogP contribution in [-0.2, 0) is 9.59 Å². The molecule has 0 amide bonds. The van der Waals surface area contributed by atoms with E-state index in [1.165, 1.54) is 0 Å². The van der Waals surface area contributed by atoms with Crippen LogP contribution in [0.3, 0.4) is 0 Å². The van der Waals surface area contributed by atoms with Crippen LogP contribution in [0, 0.1) is 11.3 Å². The number of nitrogens with zero attached hydrogens (tertiary/aromatic N) is 3.